The van der Waals surface area contributed by atoms with E-state index < -0.39 is 52.8 Å². The number of hydroxylamine groups is 1. The summed E-state index contributed by atoms with van der Waals surface area (Å²) in [6.45, 7) is 3.52. The van der Waals surface area contributed by atoms with Crippen molar-refractivity contribution in [3.63, 3.8) is 0 Å². The second-order valence-electron chi connectivity index (χ2n) is 5.41. The zero-order valence-electron chi connectivity index (χ0n) is 14.3. The second kappa shape index (κ2) is 9.50. The molecule has 0 bridgehead atoms. The van der Waals surface area contributed by atoms with Crippen molar-refractivity contribution in [1.29, 1.82) is 0 Å². The standard InChI is InChI=1S/C18H11BrF5NO4/c1-2-3-10(8-4-6-9(19)7-5-8)28-18(27)25-29-17(26)11-12(20)14(22)16(24)15(23)13(11)21/h2,4-7,10H,1,3H2,(H,25,27). The van der Waals surface area contributed by atoms with Gasteiger partial charge in [-0.25, -0.2) is 31.5 Å². The van der Waals surface area contributed by atoms with Crippen LogP contribution in [0.25, 0.3) is 0 Å². The molecule has 154 valence electrons. The van der Waals surface area contributed by atoms with E-state index in [0.717, 1.165) is 4.47 Å². The highest BCUT2D eigenvalue weighted by Gasteiger charge is 2.31. The molecule has 29 heavy (non-hydrogen) atoms. The summed E-state index contributed by atoms with van der Waals surface area (Å²) in [5, 5.41) is 0. The molecule has 0 saturated carbocycles. The van der Waals surface area contributed by atoms with Gasteiger partial charge in [0.2, 0.25) is 5.82 Å². The van der Waals surface area contributed by atoms with Crippen LogP contribution in [0.3, 0.4) is 0 Å². The highest BCUT2D eigenvalue weighted by molar-refractivity contribution is 9.10. The van der Waals surface area contributed by atoms with E-state index in [-0.39, 0.29) is 6.42 Å². The largest absolute Gasteiger partial charge is 0.441 e. The predicted molar refractivity (Wildman–Crippen MR) is 93.0 cm³/mol. The summed E-state index contributed by atoms with van der Waals surface area (Å²) in [5.41, 5.74) is 0.119. The summed E-state index contributed by atoms with van der Waals surface area (Å²) in [4.78, 5) is 27.6. The molecule has 11 heteroatoms. The number of halogens is 6. The maximum Gasteiger partial charge on any atom is 0.441 e. The lowest BCUT2D eigenvalue weighted by atomic mass is 10.1. The zero-order valence-corrected chi connectivity index (χ0v) is 15.9. The maximum absolute atomic E-state index is 13.6. The van der Waals surface area contributed by atoms with Crippen LogP contribution in [0, 0.1) is 29.1 Å². The van der Waals surface area contributed by atoms with E-state index in [1.807, 2.05) is 0 Å². The summed E-state index contributed by atoms with van der Waals surface area (Å²) in [6.07, 6.45) is -0.591. The lowest BCUT2D eigenvalue weighted by Crippen LogP contribution is -2.30. The fourth-order valence-corrected chi connectivity index (χ4v) is 2.42. The first-order chi connectivity index (χ1) is 13.7. The van der Waals surface area contributed by atoms with Crippen LogP contribution in [0.5, 0.6) is 0 Å². The number of rotatable bonds is 5. The van der Waals surface area contributed by atoms with Crippen molar-refractivity contribution >= 4 is 28.0 Å². The third kappa shape index (κ3) is 5.11. The quantitative estimate of drug-likeness (QED) is 0.209. The number of carbonyl (C=O) groups is 2. The van der Waals surface area contributed by atoms with Gasteiger partial charge in [0, 0.05) is 10.9 Å². The van der Waals surface area contributed by atoms with Crippen LogP contribution < -0.4 is 5.48 Å². The van der Waals surface area contributed by atoms with Crippen LogP contribution in [0.2, 0.25) is 0 Å². The summed E-state index contributed by atoms with van der Waals surface area (Å²) >= 11 is 3.24. The molecule has 0 fully saturated rings. The highest BCUT2D eigenvalue weighted by Crippen LogP contribution is 2.25. The Morgan fingerprint density at radius 1 is 1.00 bits per heavy atom. The Bertz CT molecular complexity index is 923. The van der Waals surface area contributed by atoms with Crippen LogP contribution in [0.15, 0.2) is 41.4 Å². The van der Waals surface area contributed by atoms with Crippen molar-refractivity contribution < 1.29 is 41.1 Å². The third-order valence-corrected chi connectivity index (χ3v) is 4.04. The zero-order chi connectivity index (χ0) is 21.7. The number of ether oxygens (including phenoxy) is 1. The first-order valence-electron chi connectivity index (χ1n) is 7.73. The first kappa shape index (κ1) is 22.3. The van der Waals surface area contributed by atoms with Gasteiger partial charge in [0.05, 0.1) is 0 Å². The molecule has 5 nitrogen and oxygen atoms in total. The molecule has 1 amide bonds. The SMILES string of the molecule is C=CCC(OC(=O)NOC(=O)c1c(F)c(F)c(F)c(F)c1F)c1ccc(Br)cc1. The molecular formula is C18H11BrF5NO4. The van der Waals surface area contributed by atoms with Gasteiger partial charge < -0.3 is 9.57 Å². The predicted octanol–water partition coefficient (Wildman–Crippen LogP) is 5.26. The molecule has 0 aliphatic rings. The van der Waals surface area contributed by atoms with Gasteiger partial charge in [-0.15, -0.1) is 12.1 Å². The topological polar surface area (TPSA) is 64.6 Å². The van der Waals surface area contributed by atoms with Gasteiger partial charge in [0.25, 0.3) is 0 Å². The first-order valence-corrected chi connectivity index (χ1v) is 8.52. The lowest BCUT2D eigenvalue weighted by Gasteiger charge is -2.17. The smallest absolute Gasteiger partial charge is 0.439 e. The number of hydrogen-bond donors (Lipinski definition) is 1. The van der Waals surface area contributed by atoms with E-state index in [2.05, 4.69) is 27.3 Å². The minimum Gasteiger partial charge on any atom is -0.439 e. The average molecular weight is 480 g/mol. The minimum absolute atomic E-state index is 0.167. The Balaban J connectivity index is 2.09. The van der Waals surface area contributed by atoms with Crippen molar-refractivity contribution in [2.24, 2.45) is 0 Å². The lowest BCUT2D eigenvalue weighted by molar-refractivity contribution is 0.0116. The van der Waals surface area contributed by atoms with Crippen LogP contribution in [-0.2, 0) is 9.57 Å². The summed E-state index contributed by atoms with van der Waals surface area (Å²) in [7, 11) is 0. The van der Waals surface area contributed by atoms with E-state index in [0.29, 0.717) is 5.56 Å². The fraction of sp³-hybridized carbons (Fsp3) is 0.111. The molecule has 1 unspecified atom stereocenters. The van der Waals surface area contributed by atoms with Crippen molar-refractivity contribution in [3.05, 3.63) is 81.6 Å². The summed E-state index contributed by atoms with van der Waals surface area (Å²) in [5.74, 6) is -13.9. The Morgan fingerprint density at radius 3 is 2.03 bits per heavy atom. The Hall–Kier alpha value is -2.95. The molecule has 1 N–H and O–H groups in total. The molecule has 0 saturated heterocycles. The molecule has 2 aromatic carbocycles. The molecule has 0 heterocycles. The average Bonchev–Trinajstić information content (AvgIpc) is 2.69. The normalized spacial score (nSPS) is 11.5. The van der Waals surface area contributed by atoms with Crippen molar-refractivity contribution in [3.8, 4) is 0 Å². The maximum atomic E-state index is 13.6. The minimum atomic E-state index is -2.44. The van der Waals surface area contributed by atoms with Crippen LogP contribution in [-0.4, -0.2) is 12.1 Å². The number of amides is 1. The molecule has 1 atom stereocenters. The van der Waals surface area contributed by atoms with Crippen molar-refractivity contribution in [2.45, 2.75) is 12.5 Å². The van der Waals surface area contributed by atoms with Gasteiger partial charge in [0.1, 0.15) is 11.7 Å². The van der Waals surface area contributed by atoms with Gasteiger partial charge in [-0.2, -0.15) is 0 Å². The molecule has 0 aliphatic heterocycles. The van der Waals surface area contributed by atoms with Crippen molar-refractivity contribution in [2.75, 3.05) is 0 Å². The summed E-state index contributed by atoms with van der Waals surface area (Å²) in [6, 6.07) is 6.62. The molecule has 0 spiro atoms. The molecule has 0 aliphatic carbocycles. The second-order valence-corrected chi connectivity index (χ2v) is 6.32. The van der Waals surface area contributed by atoms with Gasteiger partial charge >= 0.3 is 12.1 Å². The Labute approximate surface area is 169 Å². The third-order valence-electron chi connectivity index (χ3n) is 3.51. The molecule has 0 aromatic heterocycles. The molecule has 2 rings (SSSR count). The van der Waals surface area contributed by atoms with Gasteiger partial charge in [-0.05, 0) is 17.7 Å². The van der Waals surface area contributed by atoms with Crippen LogP contribution >= 0.6 is 15.9 Å². The highest BCUT2D eigenvalue weighted by atomic mass is 79.9. The van der Waals surface area contributed by atoms with Crippen LogP contribution in [0.1, 0.15) is 28.4 Å². The Kier molecular flexibility index (Phi) is 7.32. The van der Waals surface area contributed by atoms with E-state index in [1.54, 1.807) is 24.3 Å². The van der Waals surface area contributed by atoms with Gasteiger partial charge in [-0.1, -0.05) is 34.1 Å². The number of hydrogen-bond acceptors (Lipinski definition) is 4. The number of nitrogens with one attached hydrogen (secondary N) is 1. The van der Waals surface area contributed by atoms with E-state index in [9.17, 15) is 31.5 Å². The molecule has 2 aromatic rings. The summed E-state index contributed by atoms with van der Waals surface area (Å²) < 4.78 is 72.2. The van der Waals surface area contributed by atoms with E-state index >= 15 is 0 Å². The number of benzene rings is 2. The van der Waals surface area contributed by atoms with Crippen molar-refractivity contribution in [1.82, 2.24) is 5.48 Å². The monoisotopic (exact) mass is 479 g/mol. The molecule has 0 radical (unpaired) electrons. The molecular weight excluding hydrogens is 469 g/mol. The van der Waals surface area contributed by atoms with Gasteiger partial charge in [0.15, 0.2) is 23.3 Å². The Morgan fingerprint density at radius 2 is 1.52 bits per heavy atom. The number of carbonyl (C=O) groups excluding carboxylic acids is 2. The van der Waals surface area contributed by atoms with E-state index in [1.165, 1.54) is 11.6 Å². The fourth-order valence-electron chi connectivity index (χ4n) is 2.16. The van der Waals surface area contributed by atoms with Gasteiger partial charge in [-0.3, -0.25) is 0 Å². The van der Waals surface area contributed by atoms with Crippen LogP contribution in [0.4, 0.5) is 26.7 Å². The van der Waals surface area contributed by atoms with E-state index in [4.69, 9.17) is 4.74 Å².